The molecule has 2 rings (SSSR count). The number of nitrogens with zero attached hydrogens (tertiary/aromatic N) is 1. The zero-order valence-electron chi connectivity index (χ0n) is 10.7. The average molecular weight is 260 g/mol. The monoisotopic (exact) mass is 260 g/mol. The Kier molecular flexibility index (Phi) is 4.30. The van der Waals surface area contributed by atoms with Crippen molar-refractivity contribution in [3.05, 3.63) is 36.0 Å². The Morgan fingerprint density at radius 2 is 2.26 bits per heavy atom. The molecule has 0 aliphatic carbocycles. The predicted molar refractivity (Wildman–Crippen MR) is 72.3 cm³/mol. The molecule has 100 valence electrons. The van der Waals surface area contributed by atoms with Crippen LogP contribution in [-0.4, -0.2) is 36.3 Å². The molecule has 0 spiro atoms. The number of carbonyl (C=O) groups is 1. The molecule has 2 N–H and O–H groups in total. The molecule has 0 bridgehead atoms. The van der Waals surface area contributed by atoms with Gasteiger partial charge in [-0.2, -0.15) is 0 Å². The fraction of sp³-hybridized carbons (Fsp3) is 0.286. The molecule has 0 aliphatic rings. The van der Waals surface area contributed by atoms with Crippen LogP contribution >= 0.6 is 0 Å². The summed E-state index contributed by atoms with van der Waals surface area (Å²) >= 11 is 0. The van der Waals surface area contributed by atoms with Crippen molar-refractivity contribution in [3.8, 4) is 5.75 Å². The van der Waals surface area contributed by atoms with Crippen LogP contribution in [0.5, 0.6) is 5.75 Å². The quantitative estimate of drug-likeness (QED) is 0.796. The molecular weight excluding hydrogens is 244 g/mol. The number of nitrogens with one attached hydrogen (secondary N) is 1. The van der Waals surface area contributed by atoms with Gasteiger partial charge in [0, 0.05) is 30.8 Å². The number of pyridine rings is 1. The molecule has 0 fully saturated rings. The van der Waals surface area contributed by atoms with Crippen LogP contribution < -0.4 is 10.1 Å². The third-order valence-corrected chi connectivity index (χ3v) is 2.77. The highest BCUT2D eigenvalue weighted by Gasteiger charge is 2.07. The normalized spacial score (nSPS) is 10.4. The number of aromatic nitrogens is 1. The maximum absolute atomic E-state index is 11.8. The highest BCUT2D eigenvalue weighted by molar-refractivity contribution is 5.97. The summed E-state index contributed by atoms with van der Waals surface area (Å²) in [6.45, 7) is 0.520. The number of carbonyl (C=O) groups excluding carboxylic acids is 1. The zero-order valence-corrected chi connectivity index (χ0v) is 10.7. The van der Waals surface area contributed by atoms with E-state index >= 15 is 0 Å². The van der Waals surface area contributed by atoms with Crippen molar-refractivity contribution in [2.45, 2.75) is 6.42 Å². The summed E-state index contributed by atoms with van der Waals surface area (Å²) in [7, 11) is 1.60. The molecule has 0 saturated heterocycles. The van der Waals surface area contributed by atoms with Gasteiger partial charge in [0.25, 0.3) is 5.91 Å². The van der Waals surface area contributed by atoms with Crippen LogP contribution in [0.3, 0.4) is 0 Å². The molecule has 1 heterocycles. The summed E-state index contributed by atoms with van der Waals surface area (Å²) < 4.78 is 5.12. The van der Waals surface area contributed by atoms with Crippen molar-refractivity contribution in [3.63, 3.8) is 0 Å². The second kappa shape index (κ2) is 6.15. The van der Waals surface area contributed by atoms with Gasteiger partial charge in [-0.1, -0.05) is 0 Å². The van der Waals surface area contributed by atoms with Gasteiger partial charge in [-0.3, -0.25) is 9.78 Å². The number of methoxy groups -OCH3 is 1. The zero-order chi connectivity index (χ0) is 13.7. The fourth-order valence-corrected chi connectivity index (χ4v) is 1.74. The summed E-state index contributed by atoms with van der Waals surface area (Å²) in [6.07, 6.45) is 2.08. The van der Waals surface area contributed by atoms with E-state index in [-0.39, 0.29) is 12.5 Å². The van der Waals surface area contributed by atoms with Crippen LogP contribution in [0.4, 0.5) is 0 Å². The molecule has 0 aliphatic heterocycles. The van der Waals surface area contributed by atoms with E-state index in [2.05, 4.69) is 10.3 Å². The van der Waals surface area contributed by atoms with Crippen molar-refractivity contribution in [2.24, 2.45) is 0 Å². The summed E-state index contributed by atoms with van der Waals surface area (Å²) in [4.78, 5) is 16.1. The summed E-state index contributed by atoms with van der Waals surface area (Å²) in [5.41, 5.74) is 1.29. The highest BCUT2D eigenvalue weighted by atomic mass is 16.5. The van der Waals surface area contributed by atoms with Gasteiger partial charge in [-0.15, -0.1) is 0 Å². The van der Waals surface area contributed by atoms with Crippen molar-refractivity contribution in [1.82, 2.24) is 10.3 Å². The van der Waals surface area contributed by atoms with E-state index in [9.17, 15) is 4.79 Å². The van der Waals surface area contributed by atoms with Crippen molar-refractivity contribution < 1.29 is 14.6 Å². The first-order valence-electron chi connectivity index (χ1n) is 6.07. The predicted octanol–water partition coefficient (Wildman–Crippen LogP) is 1.36. The van der Waals surface area contributed by atoms with E-state index in [0.29, 0.717) is 18.5 Å². The average Bonchev–Trinajstić information content (AvgIpc) is 2.46. The molecule has 1 aromatic carbocycles. The van der Waals surface area contributed by atoms with Crippen LogP contribution in [0, 0.1) is 0 Å². The Morgan fingerprint density at radius 3 is 3.00 bits per heavy atom. The van der Waals surface area contributed by atoms with Crippen molar-refractivity contribution >= 4 is 16.8 Å². The number of fused-ring (bicyclic) bond motifs is 1. The Bertz CT molecular complexity index is 584. The van der Waals surface area contributed by atoms with Crippen LogP contribution in [0.1, 0.15) is 16.8 Å². The maximum Gasteiger partial charge on any atom is 0.252 e. The number of rotatable bonds is 5. The second-order valence-electron chi connectivity index (χ2n) is 4.12. The molecule has 0 radical (unpaired) electrons. The van der Waals surface area contributed by atoms with E-state index in [1.165, 1.54) is 6.20 Å². The first-order chi connectivity index (χ1) is 9.24. The van der Waals surface area contributed by atoms with Gasteiger partial charge in [-0.05, 0) is 24.6 Å². The van der Waals surface area contributed by atoms with E-state index in [1.54, 1.807) is 13.2 Å². The Morgan fingerprint density at radius 1 is 1.42 bits per heavy atom. The van der Waals surface area contributed by atoms with Crippen molar-refractivity contribution in [2.75, 3.05) is 20.3 Å². The minimum atomic E-state index is -0.182. The molecule has 0 unspecified atom stereocenters. The van der Waals surface area contributed by atoms with E-state index in [1.807, 2.05) is 18.2 Å². The molecule has 1 amide bonds. The summed E-state index contributed by atoms with van der Waals surface area (Å²) in [5, 5.41) is 12.3. The van der Waals surface area contributed by atoms with E-state index in [0.717, 1.165) is 16.7 Å². The van der Waals surface area contributed by atoms with Crippen molar-refractivity contribution in [1.29, 1.82) is 0 Å². The minimum absolute atomic E-state index is 0.0655. The SMILES string of the molecule is COc1ccc2cc(C(=O)NCCCO)cnc2c1. The Labute approximate surface area is 111 Å². The molecule has 2 aromatic rings. The molecule has 1 aromatic heterocycles. The largest absolute Gasteiger partial charge is 0.497 e. The molecule has 0 saturated carbocycles. The van der Waals surface area contributed by atoms with Gasteiger partial charge in [0.05, 0.1) is 18.2 Å². The summed E-state index contributed by atoms with van der Waals surface area (Å²) in [6, 6.07) is 7.31. The minimum Gasteiger partial charge on any atom is -0.497 e. The molecule has 19 heavy (non-hydrogen) atoms. The lowest BCUT2D eigenvalue weighted by atomic mass is 10.1. The lowest BCUT2D eigenvalue weighted by Crippen LogP contribution is -2.25. The third-order valence-electron chi connectivity index (χ3n) is 2.77. The Balaban J connectivity index is 2.19. The summed E-state index contributed by atoms with van der Waals surface area (Å²) in [5.74, 6) is 0.554. The van der Waals surface area contributed by atoms with Crippen LogP contribution in [0.2, 0.25) is 0 Å². The lowest BCUT2D eigenvalue weighted by molar-refractivity contribution is 0.0951. The van der Waals surface area contributed by atoms with Gasteiger partial charge in [0.15, 0.2) is 0 Å². The maximum atomic E-state index is 11.8. The van der Waals surface area contributed by atoms with Gasteiger partial charge < -0.3 is 15.2 Å². The highest BCUT2D eigenvalue weighted by Crippen LogP contribution is 2.19. The fourth-order valence-electron chi connectivity index (χ4n) is 1.74. The molecule has 5 heteroatoms. The van der Waals surface area contributed by atoms with Crippen LogP contribution in [0.25, 0.3) is 10.9 Å². The standard InChI is InChI=1S/C14H16N2O3/c1-19-12-4-3-10-7-11(9-16-13(10)8-12)14(18)15-5-2-6-17/h3-4,7-9,17H,2,5-6H2,1H3,(H,15,18). The number of ether oxygens (including phenoxy) is 1. The lowest BCUT2D eigenvalue weighted by Gasteiger charge is -2.06. The first kappa shape index (κ1) is 13.3. The number of hydrogen-bond acceptors (Lipinski definition) is 4. The third kappa shape index (κ3) is 3.20. The second-order valence-corrected chi connectivity index (χ2v) is 4.12. The molecule has 0 atom stereocenters. The number of benzene rings is 1. The topological polar surface area (TPSA) is 71.5 Å². The number of hydrogen-bond donors (Lipinski definition) is 2. The van der Waals surface area contributed by atoms with Gasteiger partial charge >= 0.3 is 0 Å². The van der Waals surface area contributed by atoms with Gasteiger partial charge in [0.2, 0.25) is 0 Å². The Hall–Kier alpha value is -2.14. The molecule has 5 nitrogen and oxygen atoms in total. The number of aliphatic hydroxyl groups is 1. The van der Waals surface area contributed by atoms with Crippen LogP contribution in [0.15, 0.2) is 30.5 Å². The van der Waals surface area contributed by atoms with Gasteiger partial charge in [0.1, 0.15) is 5.75 Å². The van der Waals surface area contributed by atoms with E-state index < -0.39 is 0 Å². The van der Waals surface area contributed by atoms with E-state index in [4.69, 9.17) is 9.84 Å². The van der Waals surface area contributed by atoms with Gasteiger partial charge in [-0.25, -0.2) is 0 Å². The molecular formula is C14H16N2O3. The first-order valence-corrected chi connectivity index (χ1v) is 6.07. The number of amides is 1. The number of aliphatic hydroxyl groups excluding tert-OH is 1. The smallest absolute Gasteiger partial charge is 0.252 e. The van der Waals surface area contributed by atoms with Crippen LogP contribution in [-0.2, 0) is 0 Å².